The standard InChI is InChI=1S/C13H25NO2/c1-5-12(13(15)16)8-9-14-11(4)7-6-10(2)3/h8,10-11,14H,5-7,9H2,1-4H3,(H,15,16). The van der Waals surface area contributed by atoms with Crippen molar-refractivity contribution in [3.63, 3.8) is 0 Å². The zero-order chi connectivity index (χ0) is 12.6. The third-order valence-corrected chi connectivity index (χ3v) is 2.65. The summed E-state index contributed by atoms with van der Waals surface area (Å²) in [5.74, 6) is -0.0795. The van der Waals surface area contributed by atoms with Crippen molar-refractivity contribution in [2.45, 2.75) is 53.0 Å². The van der Waals surface area contributed by atoms with Crippen LogP contribution in [0.3, 0.4) is 0 Å². The second-order valence-electron chi connectivity index (χ2n) is 4.67. The lowest BCUT2D eigenvalue weighted by atomic mass is 10.0. The van der Waals surface area contributed by atoms with Crippen LogP contribution < -0.4 is 5.32 Å². The normalized spacial score (nSPS) is 14.2. The Labute approximate surface area is 98.9 Å². The lowest BCUT2D eigenvalue weighted by molar-refractivity contribution is -0.132. The summed E-state index contributed by atoms with van der Waals surface area (Å²) in [6.45, 7) is 9.08. The molecule has 0 radical (unpaired) electrons. The highest BCUT2D eigenvalue weighted by atomic mass is 16.4. The summed E-state index contributed by atoms with van der Waals surface area (Å²) in [7, 11) is 0. The van der Waals surface area contributed by atoms with Gasteiger partial charge in [0, 0.05) is 18.2 Å². The van der Waals surface area contributed by atoms with Crippen LogP contribution in [0.25, 0.3) is 0 Å². The van der Waals surface area contributed by atoms with Crippen LogP contribution in [0.15, 0.2) is 11.6 Å². The number of aliphatic carboxylic acids is 1. The van der Waals surface area contributed by atoms with Gasteiger partial charge in [0.2, 0.25) is 0 Å². The smallest absolute Gasteiger partial charge is 0.331 e. The summed E-state index contributed by atoms with van der Waals surface area (Å²) in [5, 5.41) is 12.1. The molecule has 0 spiro atoms. The average Bonchev–Trinajstić information content (AvgIpc) is 2.20. The van der Waals surface area contributed by atoms with Crippen molar-refractivity contribution in [3.05, 3.63) is 11.6 Å². The Kier molecular flexibility index (Phi) is 7.90. The van der Waals surface area contributed by atoms with Crippen LogP contribution in [-0.4, -0.2) is 23.7 Å². The van der Waals surface area contributed by atoms with Gasteiger partial charge in [-0.1, -0.05) is 26.8 Å². The molecule has 0 saturated heterocycles. The molecule has 1 unspecified atom stereocenters. The van der Waals surface area contributed by atoms with Gasteiger partial charge in [-0.15, -0.1) is 0 Å². The number of hydrogen-bond acceptors (Lipinski definition) is 2. The molecule has 0 heterocycles. The van der Waals surface area contributed by atoms with Crippen molar-refractivity contribution in [2.24, 2.45) is 5.92 Å². The Morgan fingerprint density at radius 3 is 2.38 bits per heavy atom. The van der Waals surface area contributed by atoms with Gasteiger partial charge < -0.3 is 10.4 Å². The number of rotatable bonds is 8. The van der Waals surface area contributed by atoms with Crippen LogP contribution in [0.5, 0.6) is 0 Å². The number of nitrogens with one attached hydrogen (secondary N) is 1. The van der Waals surface area contributed by atoms with Crippen LogP contribution in [0.1, 0.15) is 47.0 Å². The van der Waals surface area contributed by atoms with E-state index in [1.165, 1.54) is 6.42 Å². The van der Waals surface area contributed by atoms with E-state index in [9.17, 15) is 4.79 Å². The molecule has 0 fully saturated rings. The van der Waals surface area contributed by atoms with E-state index in [1.807, 2.05) is 6.92 Å². The Balaban J connectivity index is 3.83. The number of carboxylic acids is 1. The number of hydrogen-bond donors (Lipinski definition) is 2. The van der Waals surface area contributed by atoms with E-state index in [-0.39, 0.29) is 0 Å². The summed E-state index contributed by atoms with van der Waals surface area (Å²) >= 11 is 0. The summed E-state index contributed by atoms with van der Waals surface area (Å²) in [4.78, 5) is 10.7. The second kappa shape index (κ2) is 8.34. The largest absolute Gasteiger partial charge is 0.478 e. The molecule has 0 rings (SSSR count). The fourth-order valence-electron chi connectivity index (χ4n) is 1.45. The first-order valence-corrected chi connectivity index (χ1v) is 6.13. The first kappa shape index (κ1) is 15.2. The minimum absolute atomic E-state index is 0.450. The number of carboxylic acid groups (broad SMARTS) is 1. The van der Waals surface area contributed by atoms with E-state index in [0.29, 0.717) is 24.6 Å². The zero-order valence-corrected chi connectivity index (χ0v) is 10.9. The molecule has 3 nitrogen and oxygen atoms in total. The quantitative estimate of drug-likeness (QED) is 0.627. The minimum atomic E-state index is -0.806. The molecule has 94 valence electrons. The first-order chi connectivity index (χ1) is 7.47. The molecule has 0 aliphatic heterocycles. The van der Waals surface area contributed by atoms with Gasteiger partial charge in [-0.05, 0) is 32.1 Å². The van der Waals surface area contributed by atoms with Crippen molar-refractivity contribution >= 4 is 5.97 Å². The van der Waals surface area contributed by atoms with E-state index in [2.05, 4.69) is 26.1 Å². The van der Waals surface area contributed by atoms with E-state index in [1.54, 1.807) is 6.08 Å². The maximum Gasteiger partial charge on any atom is 0.331 e. The molecule has 0 bridgehead atoms. The second-order valence-corrected chi connectivity index (χ2v) is 4.67. The first-order valence-electron chi connectivity index (χ1n) is 6.13. The number of carbonyl (C=O) groups is 1. The van der Waals surface area contributed by atoms with E-state index in [0.717, 1.165) is 12.3 Å². The third kappa shape index (κ3) is 7.46. The molecule has 0 aliphatic carbocycles. The molecule has 2 N–H and O–H groups in total. The van der Waals surface area contributed by atoms with Gasteiger partial charge in [0.25, 0.3) is 0 Å². The highest BCUT2D eigenvalue weighted by Crippen LogP contribution is 2.06. The van der Waals surface area contributed by atoms with Crippen molar-refractivity contribution in [1.82, 2.24) is 5.32 Å². The molecule has 1 atom stereocenters. The van der Waals surface area contributed by atoms with Crippen molar-refractivity contribution in [3.8, 4) is 0 Å². The Morgan fingerprint density at radius 2 is 1.94 bits per heavy atom. The van der Waals surface area contributed by atoms with Crippen molar-refractivity contribution in [1.29, 1.82) is 0 Å². The molecule has 0 aromatic rings. The van der Waals surface area contributed by atoms with Gasteiger partial charge in [-0.3, -0.25) is 0 Å². The molecule has 0 aromatic heterocycles. The van der Waals surface area contributed by atoms with Crippen LogP contribution in [0.2, 0.25) is 0 Å². The highest BCUT2D eigenvalue weighted by Gasteiger charge is 2.05. The molecule has 16 heavy (non-hydrogen) atoms. The Morgan fingerprint density at radius 1 is 1.31 bits per heavy atom. The fraction of sp³-hybridized carbons (Fsp3) is 0.769. The molecule has 0 amide bonds. The van der Waals surface area contributed by atoms with Gasteiger partial charge in [0.05, 0.1) is 0 Å². The highest BCUT2D eigenvalue weighted by molar-refractivity contribution is 5.86. The van der Waals surface area contributed by atoms with E-state index < -0.39 is 5.97 Å². The predicted molar refractivity (Wildman–Crippen MR) is 67.5 cm³/mol. The Hall–Kier alpha value is -0.830. The van der Waals surface area contributed by atoms with Gasteiger partial charge in [0.15, 0.2) is 0 Å². The lowest BCUT2D eigenvalue weighted by Crippen LogP contribution is -2.26. The van der Waals surface area contributed by atoms with Crippen LogP contribution in [0, 0.1) is 5.92 Å². The molecule has 0 saturated carbocycles. The van der Waals surface area contributed by atoms with Gasteiger partial charge in [-0.2, -0.15) is 0 Å². The summed E-state index contributed by atoms with van der Waals surface area (Å²) < 4.78 is 0. The monoisotopic (exact) mass is 227 g/mol. The molecule has 0 aliphatic rings. The van der Waals surface area contributed by atoms with Crippen LogP contribution in [0.4, 0.5) is 0 Å². The van der Waals surface area contributed by atoms with Gasteiger partial charge >= 0.3 is 5.97 Å². The van der Waals surface area contributed by atoms with Gasteiger partial charge in [-0.25, -0.2) is 4.79 Å². The van der Waals surface area contributed by atoms with E-state index in [4.69, 9.17) is 5.11 Å². The maximum absolute atomic E-state index is 10.7. The molecule has 3 heteroatoms. The Bertz CT molecular complexity index is 234. The van der Waals surface area contributed by atoms with E-state index >= 15 is 0 Å². The predicted octanol–water partition coefficient (Wildman–Crippen LogP) is 2.82. The summed E-state index contributed by atoms with van der Waals surface area (Å²) in [6.07, 6.45) is 4.70. The maximum atomic E-state index is 10.7. The van der Waals surface area contributed by atoms with Crippen LogP contribution in [-0.2, 0) is 4.79 Å². The topological polar surface area (TPSA) is 49.3 Å². The summed E-state index contributed by atoms with van der Waals surface area (Å²) in [6, 6.07) is 0.450. The molecular formula is C13H25NO2. The SMILES string of the molecule is CCC(=CCNC(C)CCC(C)C)C(=O)O. The summed E-state index contributed by atoms with van der Waals surface area (Å²) in [5.41, 5.74) is 0.489. The van der Waals surface area contributed by atoms with Gasteiger partial charge in [0.1, 0.15) is 0 Å². The lowest BCUT2D eigenvalue weighted by Gasteiger charge is -2.13. The van der Waals surface area contributed by atoms with Crippen LogP contribution >= 0.6 is 0 Å². The zero-order valence-electron chi connectivity index (χ0n) is 10.9. The third-order valence-electron chi connectivity index (χ3n) is 2.65. The molecular weight excluding hydrogens is 202 g/mol. The molecule has 0 aromatic carbocycles. The van der Waals surface area contributed by atoms with Crippen molar-refractivity contribution < 1.29 is 9.90 Å². The fourth-order valence-corrected chi connectivity index (χ4v) is 1.45. The average molecular weight is 227 g/mol. The minimum Gasteiger partial charge on any atom is -0.478 e. The van der Waals surface area contributed by atoms with Crippen molar-refractivity contribution in [2.75, 3.05) is 6.54 Å².